The van der Waals surface area contributed by atoms with Crippen LogP contribution in [0, 0.1) is 0 Å². The van der Waals surface area contributed by atoms with E-state index in [4.69, 9.17) is 27.9 Å². The normalized spacial score (nSPS) is 15.6. The molecule has 1 aliphatic rings. The number of benzene rings is 2. The van der Waals surface area contributed by atoms with E-state index in [1.165, 1.54) is 4.90 Å². The number of thioether (sulfide) groups is 1. The zero-order valence-corrected chi connectivity index (χ0v) is 19.1. The number of nitrogens with zero attached hydrogens (tertiary/aromatic N) is 2. The Morgan fingerprint density at radius 1 is 1.10 bits per heavy atom. The van der Waals surface area contributed by atoms with Crippen molar-refractivity contribution in [1.29, 1.82) is 0 Å². The van der Waals surface area contributed by atoms with Gasteiger partial charge in [0.05, 0.1) is 15.0 Å². The molecule has 5 nitrogen and oxygen atoms in total. The fourth-order valence-corrected chi connectivity index (χ4v) is 4.73. The standard InChI is InChI=1S/C23H20Cl2N2O3S/c1-30-10-4-9-27-22(28)21(31-23(27)29)12-16-14-26(20-6-3-2-5-17(16)20)13-15-7-8-18(24)19(25)11-15/h2-3,5-8,11-12,14H,4,9-10,13H2,1H3/b21-12+. The molecule has 0 radical (unpaired) electrons. The number of methoxy groups -OCH3 is 1. The molecule has 3 aromatic rings. The van der Waals surface area contributed by atoms with E-state index in [1.54, 1.807) is 19.3 Å². The number of hydrogen-bond acceptors (Lipinski definition) is 4. The summed E-state index contributed by atoms with van der Waals surface area (Å²) in [5.74, 6) is -0.257. The summed E-state index contributed by atoms with van der Waals surface area (Å²) in [6.07, 6.45) is 4.41. The van der Waals surface area contributed by atoms with E-state index in [1.807, 2.05) is 42.6 Å². The number of imide groups is 1. The third kappa shape index (κ3) is 4.67. The van der Waals surface area contributed by atoms with Gasteiger partial charge < -0.3 is 9.30 Å². The van der Waals surface area contributed by atoms with Gasteiger partial charge in [0.2, 0.25) is 0 Å². The predicted molar refractivity (Wildman–Crippen MR) is 127 cm³/mol. The minimum Gasteiger partial charge on any atom is -0.385 e. The molecule has 0 saturated carbocycles. The Hall–Kier alpha value is -2.25. The summed E-state index contributed by atoms with van der Waals surface area (Å²) < 4.78 is 7.12. The maximum atomic E-state index is 12.8. The maximum Gasteiger partial charge on any atom is 0.293 e. The molecule has 0 atom stereocenters. The van der Waals surface area contributed by atoms with Crippen molar-refractivity contribution in [2.45, 2.75) is 13.0 Å². The number of aromatic nitrogens is 1. The lowest BCUT2D eigenvalue weighted by molar-refractivity contribution is -0.122. The number of carbonyl (C=O) groups is 2. The molecule has 1 saturated heterocycles. The summed E-state index contributed by atoms with van der Waals surface area (Å²) in [4.78, 5) is 26.8. The van der Waals surface area contributed by atoms with Crippen LogP contribution in [0.3, 0.4) is 0 Å². The van der Waals surface area contributed by atoms with E-state index in [2.05, 4.69) is 4.57 Å². The summed E-state index contributed by atoms with van der Waals surface area (Å²) in [6, 6.07) is 13.5. The van der Waals surface area contributed by atoms with Crippen LogP contribution in [0.4, 0.5) is 4.79 Å². The van der Waals surface area contributed by atoms with Gasteiger partial charge in [-0.3, -0.25) is 14.5 Å². The summed E-state index contributed by atoms with van der Waals surface area (Å²) in [6.45, 7) is 1.46. The molecule has 31 heavy (non-hydrogen) atoms. The molecule has 2 heterocycles. The van der Waals surface area contributed by atoms with Crippen molar-refractivity contribution in [1.82, 2.24) is 9.47 Å². The van der Waals surface area contributed by atoms with Crippen LogP contribution in [-0.2, 0) is 16.1 Å². The van der Waals surface area contributed by atoms with E-state index in [0.717, 1.165) is 33.8 Å². The summed E-state index contributed by atoms with van der Waals surface area (Å²) >= 11 is 13.2. The maximum absolute atomic E-state index is 12.8. The van der Waals surface area contributed by atoms with Gasteiger partial charge in [-0.1, -0.05) is 47.5 Å². The highest BCUT2D eigenvalue weighted by Crippen LogP contribution is 2.34. The minimum absolute atomic E-state index is 0.244. The van der Waals surface area contributed by atoms with Gasteiger partial charge in [-0.2, -0.15) is 0 Å². The molecule has 2 amide bonds. The Labute approximate surface area is 194 Å². The molecule has 4 rings (SSSR count). The lowest BCUT2D eigenvalue weighted by Gasteiger charge is -2.11. The third-order valence-electron chi connectivity index (χ3n) is 5.05. The second kappa shape index (κ2) is 9.49. The number of para-hydroxylation sites is 1. The monoisotopic (exact) mass is 474 g/mol. The molecular weight excluding hydrogens is 455 g/mol. The summed E-state index contributed by atoms with van der Waals surface area (Å²) in [5, 5.41) is 1.79. The average molecular weight is 475 g/mol. The van der Waals surface area contributed by atoms with Crippen molar-refractivity contribution in [3.05, 3.63) is 74.7 Å². The van der Waals surface area contributed by atoms with E-state index < -0.39 is 0 Å². The Morgan fingerprint density at radius 2 is 1.90 bits per heavy atom. The smallest absolute Gasteiger partial charge is 0.293 e. The SMILES string of the molecule is COCCCN1C(=O)S/C(=C/c2cn(Cc3ccc(Cl)c(Cl)c3)c3ccccc23)C1=O. The number of ether oxygens (including phenoxy) is 1. The molecule has 0 spiro atoms. The highest BCUT2D eigenvalue weighted by atomic mass is 35.5. The molecule has 0 aliphatic carbocycles. The van der Waals surface area contributed by atoms with Gasteiger partial charge in [-0.05, 0) is 48.0 Å². The molecule has 0 N–H and O–H groups in total. The van der Waals surface area contributed by atoms with Crippen molar-refractivity contribution in [3.63, 3.8) is 0 Å². The predicted octanol–water partition coefficient (Wildman–Crippen LogP) is 6.07. The molecule has 1 aliphatic heterocycles. The topological polar surface area (TPSA) is 51.5 Å². The van der Waals surface area contributed by atoms with Crippen molar-refractivity contribution >= 4 is 63.1 Å². The van der Waals surface area contributed by atoms with E-state index in [-0.39, 0.29) is 11.1 Å². The van der Waals surface area contributed by atoms with Gasteiger partial charge in [0, 0.05) is 49.5 Å². The van der Waals surface area contributed by atoms with Crippen LogP contribution in [0.15, 0.2) is 53.6 Å². The minimum atomic E-state index is -0.257. The van der Waals surface area contributed by atoms with Crippen molar-refractivity contribution < 1.29 is 14.3 Å². The van der Waals surface area contributed by atoms with Crippen molar-refractivity contribution in [2.24, 2.45) is 0 Å². The van der Waals surface area contributed by atoms with E-state index >= 15 is 0 Å². The number of fused-ring (bicyclic) bond motifs is 1. The van der Waals surface area contributed by atoms with Gasteiger partial charge >= 0.3 is 0 Å². The highest BCUT2D eigenvalue weighted by Gasteiger charge is 2.34. The average Bonchev–Trinajstić information content (AvgIpc) is 3.23. The van der Waals surface area contributed by atoms with Crippen LogP contribution in [0.25, 0.3) is 17.0 Å². The lowest BCUT2D eigenvalue weighted by atomic mass is 10.1. The zero-order valence-electron chi connectivity index (χ0n) is 16.8. The van der Waals surface area contributed by atoms with Crippen LogP contribution in [0.2, 0.25) is 10.0 Å². The molecule has 1 fully saturated rings. The Kier molecular flexibility index (Phi) is 6.72. The summed E-state index contributed by atoms with van der Waals surface area (Å²) in [5.41, 5.74) is 2.93. The second-order valence-corrected chi connectivity index (χ2v) is 8.97. The summed E-state index contributed by atoms with van der Waals surface area (Å²) in [7, 11) is 1.60. The molecule has 0 bridgehead atoms. The van der Waals surface area contributed by atoms with E-state index in [0.29, 0.717) is 41.1 Å². The van der Waals surface area contributed by atoms with Gasteiger partial charge in [-0.15, -0.1) is 0 Å². The highest BCUT2D eigenvalue weighted by molar-refractivity contribution is 8.18. The van der Waals surface area contributed by atoms with Gasteiger partial charge in [0.25, 0.3) is 11.1 Å². The number of carbonyl (C=O) groups excluding carboxylic acids is 2. The molecule has 2 aromatic carbocycles. The first-order chi connectivity index (χ1) is 15.0. The zero-order chi connectivity index (χ0) is 22.0. The van der Waals surface area contributed by atoms with E-state index in [9.17, 15) is 9.59 Å². The molecular formula is C23H20Cl2N2O3S. The first-order valence-electron chi connectivity index (χ1n) is 9.74. The number of hydrogen-bond donors (Lipinski definition) is 0. The van der Waals surface area contributed by atoms with Gasteiger partial charge in [-0.25, -0.2) is 0 Å². The molecule has 1 aromatic heterocycles. The number of rotatable bonds is 7. The fraction of sp³-hybridized carbons (Fsp3) is 0.217. The van der Waals surface area contributed by atoms with Crippen molar-refractivity contribution in [3.8, 4) is 0 Å². The van der Waals surface area contributed by atoms with Gasteiger partial charge in [0.15, 0.2) is 0 Å². The molecule has 8 heteroatoms. The van der Waals surface area contributed by atoms with Crippen LogP contribution in [0.5, 0.6) is 0 Å². The lowest BCUT2D eigenvalue weighted by Crippen LogP contribution is -2.29. The quantitative estimate of drug-likeness (QED) is 0.308. The van der Waals surface area contributed by atoms with Crippen LogP contribution >= 0.6 is 35.0 Å². The van der Waals surface area contributed by atoms with Crippen LogP contribution in [-0.4, -0.2) is 40.9 Å². The second-order valence-electron chi connectivity index (χ2n) is 7.16. The van der Waals surface area contributed by atoms with Crippen LogP contribution in [0.1, 0.15) is 17.5 Å². The Morgan fingerprint density at radius 3 is 2.68 bits per heavy atom. The third-order valence-corrected chi connectivity index (χ3v) is 6.69. The molecule has 160 valence electrons. The largest absolute Gasteiger partial charge is 0.385 e. The fourth-order valence-electron chi connectivity index (χ4n) is 3.56. The number of amides is 2. The first-order valence-corrected chi connectivity index (χ1v) is 11.3. The Balaban J connectivity index is 1.65. The van der Waals surface area contributed by atoms with Crippen LogP contribution < -0.4 is 0 Å². The number of halogens is 2. The van der Waals surface area contributed by atoms with Crippen molar-refractivity contribution in [2.75, 3.05) is 20.3 Å². The molecule has 0 unspecified atom stereocenters. The Bertz CT molecular complexity index is 1190. The first kappa shape index (κ1) is 22.0. The van der Waals surface area contributed by atoms with Gasteiger partial charge in [0.1, 0.15) is 0 Å².